The number of thiophene rings is 1. The molecular formula is C61H36N4OS. The summed E-state index contributed by atoms with van der Waals surface area (Å²) in [5.74, 6) is 1.81. The van der Waals surface area contributed by atoms with Gasteiger partial charge in [-0.1, -0.05) is 140 Å². The monoisotopic (exact) mass is 872 g/mol. The van der Waals surface area contributed by atoms with E-state index in [9.17, 15) is 0 Å². The minimum Gasteiger partial charge on any atom is -0.455 e. The largest absolute Gasteiger partial charge is 0.455 e. The zero-order chi connectivity index (χ0) is 43.7. The van der Waals surface area contributed by atoms with E-state index in [-0.39, 0.29) is 0 Å². The molecule has 0 N–H and O–H groups in total. The van der Waals surface area contributed by atoms with Gasteiger partial charge in [-0.3, -0.25) is 0 Å². The number of furan rings is 1. The Balaban J connectivity index is 1.08. The molecule has 0 unspecified atom stereocenters. The number of aryl methyl sites for hydroxylation is 2. The van der Waals surface area contributed by atoms with Crippen molar-refractivity contribution in [3.05, 3.63) is 205 Å². The Morgan fingerprint density at radius 3 is 1.85 bits per heavy atom. The molecule has 4 heterocycles. The van der Waals surface area contributed by atoms with Crippen LogP contribution >= 0.6 is 11.3 Å². The van der Waals surface area contributed by atoms with E-state index in [0.717, 1.165) is 84.3 Å². The van der Waals surface area contributed by atoms with Crippen molar-refractivity contribution < 1.29 is 4.42 Å². The lowest BCUT2D eigenvalue weighted by Gasteiger charge is -2.22. The average molecular weight is 873 g/mol. The van der Waals surface area contributed by atoms with E-state index in [1.165, 1.54) is 58.6 Å². The number of hydrogen-bond donors (Lipinski definition) is 0. The molecule has 0 atom stereocenters. The summed E-state index contributed by atoms with van der Waals surface area (Å²) >= 11 is 1.80. The lowest BCUT2D eigenvalue weighted by molar-refractivity contribution is 0.670. The van der Waals surface area contributed by atoms with Crippen molar-refractivity contribution in [3.8, 4) is 51.0 Å². The standard InChI is InChI=1S/C61H36N4OS/c1-3-16-39-31-52-47(29-37(39)14-1)43-20-7-9-24-51(43)65(52)41-33-49-48-30-38-15-2-4-17-40(38)32-53(48)66-58(49)50(34-41)61-63-59(45-22-11-18-36-28-27-35-13-5-6-19-42(35)56(36)45)62-60(64-61)46-23-12-26-55-57(46)44-21-8-10-25-54(44)67-55/h1-26,29-34H,27-28H2. The Morgan fingerprint density at radius 2 is 1.00 bits per heavy atom. The van der Waals surface area contributed by atoms with Crippen LogP contribution in [0, 0.1) is 0 Å². The van der Waals surface area contributed by atoms with Crippen LogP contribution < -0.4 is 0 Å². The van der Waals surface area contributed by atoms with Gasteiger partial charge >= 0.3 is 0 Å². The van der Waals surface area contributed by atoms with Crippen molar-refractivity contribution in [2.24, 2.45) is 0 Å². The van der Waals surface area contributed by atoms with E-state index in [0.29, 0.717) is 17.5 Å². The SMILES string of the molecule is c1ccc2c(c1)CCc1cccc(-c3nc(-c4cc(-n5c6ccccc6c6cc7ccccc7cc65)cc5c4oc4cc6ccccc6cc45)nc(-c4cccc5sc6ccccc6c45)n3)c1-2. The molecular weight excluding hydrogens is 837 g/mol. The molecule has 0 amide bonds. The van der Waals surface area contributed by atoms with Crippen LogP contribution in [0.2, 0.25) is 0 Å². The van der Waals surface area contributed by atoms with Crippen LogP contribution in [-0.4, -0.2) is 19.5 Å². The third-order valence-electron chi connectivity index (χ3n) is 14.1. The third-order valence-corrected chi connectivity index (χ3v) is 15.2. The number of fused-ring (bicyclic) bond motifs is 14. The van der Waals surface area contributed by atoms with Crippen molar-refractivity contribution >= 4 is 96.8 Å². The van der Waals surface area contributed by atoms with E-state index in [1.54, 1.807) is 11.3 Å². The van der Waals surface area contributed by atoms with Crippen LogP contribution in [0.15, 0.2) is 199 Å². The maximum absolute atomic E-state index is 7.09. The van der Waals surface area contributed by atoms with E-state index in [2.05, 4.69) is 199 Å². The second-order valence-electron chi connectivity index (χ2n) is 17.8. The van der Waals surface area contributed by atoms with Crippen molar-refractivity contribution in [2.45, 2.75) is 12.8 Å². The number of para-hydroxylation sites is 1. The van der Waals surface area contributed by atoms with Gasteiger partial charge in [-0.25, -0.2) is 15.0 Å². The van der Waals surface area contributed by atoms with Crippen molar-refractivity contribution in [3.63, 3.8) is 0 Å². The first-order valence-corrected chi connectivity index (χ1v) is 23.7. The van der Waals surface area contributed by atoms with Gasteiger partial charge in [0.1, 0.15) is 11.2 Å². The highest BCUT2D eigenvalue weighted by Gasteiger charge is 2.26. The first kappa shape index (κ1) is 36.8. The Kier molecular flexibility index (Phi) is 7.71. The van der Waals surface area contributed by atoms with Crippen LogP contribution in [0.1, 0.15) is 11.1 Å². The quantitative estimate of drug-likeness (QED) is 0.177. The zero-order valence-corrected chi connectivity index (χ0v) is 36.8. The molecule has 6 heteroatoms. The predicted molar refractivity (Wildman–Crippen MR) is 278 cm³/mol. The summed E-state index contributed by atoms with van der Waals surface area (Å²) in [7, 11) is 0. The number of nitrogens with zero attached hydrogens (tertiary/aromatic N) is 4. The number of benzene rings is 10. The summed E-state index contributed by atoms with van der Waals surface area (Å²) in [6.45, 7) is 0. The van der Waals surface area contributed by atoms with Gasteiger partial charge in [-0.2, -0.15) is 0 Å². The van der Waals surface area contributed by atoms with E-state index < -0.39 is 0 Å². The highest BCUT2D eigenvalue weighted by atomic mass is 32.1. The smallest absolute Gasteiger partial charge is 0.167 e. The summed E-state index contributed by atoms with van der Waals surface area (Å²) in [6.07, 6.45) is 1.95. The molecule has 4 aromatic heterocycles. The predicted octanol–water partition coefficient (Wildman–Crippen LogP) is 16.3. The normalized spacial score (nSPS) is 12.7. The molecule has 0 saturated heterocycles. The van der Waals surface area contributed by atoms with Crippen molar-refractivity contribution in [2.75, 3.05) is 0 Å². The Labute approximate surface area is 387 Å². The van der Waals surface area contributed by atoms with Crippen LogP contribution in [-0.2, 0) is 12.8 Å². The molecule has 0 radical (unpaired) electrons. The fraction of sp³-hybridized carbons (Fsp3) is 0.0328. The number of rotatable bonds is 4. The van der Waals surface area contributed by atoms with Crippen LogP contribution in [0.5, 0.6) is 0 Å². The lowest BCUT2D eigenvalue weighted by Crippen LogP contribution is -2.07. The molecule has 15 rings (SSSR count). The second-order valence-corrected chi connectivity index (χ2v) is 18.9. The van der Waals surface area contributed by atoms with Gasteiger partial charge in [0, 0.05) is 58.5 Å². The first-order chi connectivity index (χ1) is 33.2. The maximum Gasteiger partial charge on any atom is 0.167 e. The molecule has 10 aromatic carbocycles. The summed E-state index contributed by atoms with van der Waals surface area (Å²) in [6, 6.07) is 70.1. The van der Waals surface area contributed by atoms with Gasteiger partial charge in [0.05, 0.1) is 16.6 Å². The lowest BCUT2D eigenvalue weighted by atomic mass is 9.83. The summed E-state index contributed by atoms with van der Waals surface area (Å²) in [4.78, 5) is 16.7. The fourth-order valence-electron chi connectivity index (χ4n) is 11.0. The molecule has 14 aromatic rings. The third kappa shape index (κ3) is 5.51. The van der Waals surface area contributed by atoms with Crippen LogP contribution in [0.4, 0.5) is 0 Å². The Morgan fingerprint density at radius 1 is 0.403 bits per heavy atom. The fourth-order valence-corrected chi connectivity index (χ4v) is 12.2. The topological polar surface area (TPSA) is 56.7 Å². The molecule has 5 nitrogen and oxygen atoms in total. The molecule has 0 aliphatic heterocycles. The average Bonchev–Trinajstić information content (AvgIpc) is 4.05. The molecule has 1 aliphatic rings. The van der Waals surface area contributed by atoms with Gasteiger partial charge in [0.2, 0.25) is 0 Å². The second kappa shape index (κ2) is 14.0. The molecule has 0 bridgehead atoms. The van der Waals surface area contributed by atoms with Crippen molar-refractivity contribution in [1.82, 2.24) is 19.5 Å². The van der Waals surface area contributed by atoms with E-state index in [1.807, 2.05) is 0 Å². The minimum atomic E-state index is 0.555. The van der Waals surface area contributed by atoms with E-state index in [4.69, 9.17) is 19.4 Å². The molecule has 0 fully saturated rings. The number of aromatic nitrogens is 4. The summed E-state index contributed by atoms with van der Waals surface area (Å²) in [5.41, 5.74) is 12.7. The van der Waals surface area contributed by atoms with Gasteiger partial charge in [-0.05, 0) is 111 Å². The zero-order valence-electron chi connectivity index (χ0n) is 36.0. The highest BCUT2D eigenvalue weighted by Crippen LogP contribution is 2.45. The summed E-state index contributed by atoms with van der Waals surface area (Å²) in [5, 5.41) is 11.5. The highest BCUT2D eigenvalue weighted by molar-refractivity contribution is 7.25. The maximum atomic E-state index is 7.09. The van der Waals surface area contributed by atoms with Crippen LogP contribution in [0.25, 0.3) is 136 Å². The van der Waals surface area contributed by atoms with Crippen LogP contribution in [0.3, 0.4) is 0 Å². The van der Waals surface area contributed by atoms with E-state index >= 15 is 0 Å². The van der Waals surface area contributed by atoms with Crippen molar-refractivity contribution in [1.29, 1.82) is 0 Å². The molecule has 1 aliphatic carbocycles. The minimum absolute atomic E-state index is 0.555. The van der Waals surface area contributed by atoms with Gasteiger partial charge in [-0.15, -0.1) is 11.3 Å². The molecule has 67 heavy (non-hydrogen) atoms. The molecule has 0 spiro atoms. The van der Waals surface area contributed by atoms with Gasteiger partial charge in [0.15, 0.2) is 17.5 Å². The molecule has 0 saturated carbocycles. The first-order valence-electron chi connectivity index (χ1n) is 22.9. The Bertz CT molecular complexity index is 4420. The Hall–Kier alpha value is -8.45. The molecule has 312 valence electrons. The van der Waals surface area contributed by atoms with Gasteiger partial charge in [0.25, 0.3) is 0 Å². The number of hydrogen-bond acceptors (Lipinski definition) is 5. The van der Waals surface area contributed by atoms with Gasteiger partial charge < -0.3 is 8.98 Å². The summed E-state index contributed by atoms with van der Waals surface area (Å²) < 4.78 is 11.9.